The molecule has 3 nitrogen and oxygen atoms in total. The summed E-state index contributed by atoms with van der Waals surface area (Å²) in [5.74, 6) is -0.145. The van der Waals surface area contributed by atoms with Crippen LogP contribution in [0.3, 0.4) is 0 Å². The van der Waals surface area contributed by atoms with Crippen LogP contribution in [0, 0.1) is 0 Å². The smallest absolute Gasteiger partial charge is 0.211 e. The molecule has 1 aromatic carbocycles. The highest BCUT2D eigenvalue weighted by Gasteiger charge is 2.11. The number of fused-ring (bicyclic) bond motifs is 1. The Morgan fingerprint density at radius 3 is 2.74 bits per heavy atom. The summed E-state index contributed by atoms with van der Waals surface area (Å²) < 4.78 is 0. The summed E-state index contributed by atoms with van der Waals surface area (Å²) in [6.07, 6.45) is 3.25. The van der Waals surface area contributed by atoms with Crippen molar-refractivity contribution in [1.82, 2.24) is 9.97 Å². The minimum absolute atomic E-state index is 0.145. The van der Waals surface area contributed by atoms with Crippen LogP contribution in [-0.4, -0.2) is 15.8 Å². The number of aromatic nitrogens is 2. The molecular formula is C15H9ClN2O. The largest absolute Gasteiger partial charge is 0.287 e. The molecule has 0 bridgehead atoms. The third-order valence-electron chi connectivity index (χ3n) is 2.82. The number of hydrogen-bond donors (Lipinski definition) is 0. The lowest BCUT2D eigenvalue weighted by molar-refractivity contribution is 0.103. The van der Waals surface area contributed by atoms with Gasteiger partial charge in [-0.3, -0.25) is 14.8 Å². The summed E-state index contributed by atoms with van der Waals surface area (Å²) in [7, 11) is 0. The number of carbonyl (C=O) groups is 1. The van der Waals surface area contributed by atoms with E-state index in [0.29, 0.717) is 16.3 Å². The van der Waals surface area contributed by atoms with Gasteiger partial charge in [-0.25, -0.2) is 0 Å². The predicted octanol–water partition coefficient (Wildman–Crippen LogP) is 3.51. The Balaban J connectivity index is 2.06. The molecule has 92 valence electrons. The van der Waals surface area contributed by atoms with Crippen LogP contribution >= 0.6 is 11.6 Å². The molecule has 0 saturated carbocycles. The van der Waals surface area contributed by atoms with E-state index in [0.717, 1.165) is 10.9 Å². The lowest BCUT2D eigenvalue weighted by atomic mass is 10.1. The molecule has 0 spiro atoms. The molecule has 3 rings (SSSR count). The molecule has 0 amide bonds. The van der Waals surface area contributed by atoms with E-state index < -0.39 is 0 Å². The van der Waals surface area contributed by atoms with Crippen LogP contribution in [0.4, 0.5) is 0 Å². The average molecular weight is 269 g/mol. The van der Waals surface area contributed by atoms with Crippen LogP contribution in [0.5, 0.6) is 0 Å². The summed E-state index contributed by atoms with van der Waals surface area (Å²) in [5, 5.41) is 1.43. The summed E-state index contributed by atoms with van der Waals surface area (Å²) in [6, 6.07) is 12.4. The third kappa shape index (κ3) is 2.33. The van der Waals surface area contributed by atoms with Crippen molar-refractivity contribution in [2.45, 2.75) is 0 Å². The van der Waals surface area contributed by atoms with Gasteiger partial charge in [0, 0.05) is 28.4 Å². The summed E-state index contributed by atoms with van der Waals surface area (Å²) >= 11 is 5.87. The number of rotatable bonds is 2. The molecule has 0 aliphatic rings. The molecule has 0 saturated heterocycles. The summed E-state index contributed by atoms with van der Waals surface area (Å²) in [4.78, 5) is 20.6. The second kappa shape index (κ2) is 4.78. The molecular weight excluding hydrogens is 260 g/mol. The molecule has 19 heavy (non-hydrogen) atoms. The summed E-state index contributed by atoms with van der Waals surface area (Å²) in [5.41, 5.74) is 1.78. The van der Waals surface area contributed by atoms with Gasteiger partial charge in [-0.15, -0.1) is 0 Å². The quantitative estimate of drug-likeness (QED) is 0.668. The highest BCUT2D eigenvalue weighted by molar-refractivity contribution is 6.31. The van der Waals surface area contributed by atoms with Crippen molar-refractivity contribution < 1.29 is 4.79 Å². The van der Waals surface area contributed by atoms with E-state index in [1.165, 1.54) is 6.20 Å². The maximum Gasteiger partial charge on any atom is 0.211 e. The van der Waals surface area contributed by atoms with Crippen molar-refractivity contribution in [1.29, 1.82) is 0 Å². The number of nitrogens with zero attached hydrogens (tertiary/aromatic N) is 2. The Morgan fingerprint density at radius 2 is 1.89 bits per heavy atom. The normalized spacial score (nSPS) is 10.6. The van der Waals surface area contributed by atoms with Gasteiger partial charge in [0.25, 0.3) is 0 Å². The first-order valence-corrected chi connectivity index (χ1v) is 6.13. The molecule has 0 aliphatic carbocycles. The zero-order valence-corrected chi connectivity index (χ0v) is 10.6. The lowest BCUT2D eigenvalue weighted by Gasteiger charge is -2.02. The highest BCUT2D eigenvalue weighted by atomic mass is 35.5. The number of hydrogen-bond acceptors (Lipinski definition) is 3. The molecule has 3 aromatic rings. The zero-order valence-electron chi connectivity index (χ0n) is 9.88. The van der Waals surface area contributed by atoms with Gasteiger partial charge in [-0.2, -0.15) is 0 Å². The number of benzene rings is 1. The maximum absolute atomic E-state index is 12.3. The first-order valence-electron chi connectivity index (χ1n) is 5.75. The van der Waals surface area contributed by atoms with Crippen LogP contribution in [0.1, 0.15) is 16.1 Å². The second-order valence-electron chi connectivity index (χ2n) is 4.10. The first-order chi connectivity index (χ1) is 9.24. The average Bonchev–Trinajstić information content (AvgIpc) is 2.46. The molecule has 0 unspecified atom stereocenters. The van der Waals surface area contributed by atoms with Crippen LogP contribution in [0.15, 0.2) is 54.9 Å². The fourth-order valence-corrected chi connectivity index (χ4v) is 2.05. The van der Waals surface area contributed by atoms with E-state index in [2.05, 4.69) is 9.97 Å². The lowest BCUT2D eigenvalue weighted by Crippen LogP contribution is -2.03. The Hall–Kier alpha value is -2.26. The van der Waals surface area contributed by atoms with Crippen LogP contribution in [0.25, 0.3) is 10.9 Å². The van der Waals surface area contributed by atoms with Crippen molar-refractivity contribution in [2.75, 3.05) is 0 Å². The molecule has 0 aliphatic heterocycles. The van der Waals surface area contributed by atoms with Crippen molar-refractivity contribution in [2.24, 2.45) is 0 Å². The molecule has 0 radical (unpaired) electrons. The van der Waals surface area contributed by atoms with E-state index >= 15 is 0 Å². The van der Waals surface area contributed by atoms with Gasteiger partial charge < -0.3 is 0 Å². The van der Waals surface area contributed by atoms with Gasteiger partial charge in [0.05, 0.1) is 5.52 Å². The predicted molar refractivity (Wildman–Crippen MR) is 74.4 cm³/mol. The Labute approximate surface area is 114 Å². The van der Waals surface area contributed by atoms with Gasteiger partial charge in [-0.1, -0.05) is 17.7 Å². The van der Waals surface area contributed by atoms with Gasteiger partial charge in [0.1, 0.15) is 5.69 Å². The van der Waals surface area contributed by atoms with Crippen LogP contribution in [-0.2, 0) is 0 Å². The van der Waals surface area contributed by atoms with Gasteiger partial charge >= 0.3 is 0 Å². The van der Waals surface area contributed by atoms with E-state index in [1.807, 2.05) is 24.3 Å². The third-order valence-corrected chi connectivity index (χ3v) is 3.05. The van der Waals surface area contributed by atoms with Gasteiger partial charge in [-0.05, 0) is 36.4 Å². The molecule has 4 heteroatoms. The SMILES string of the molecule is O=C(c1ccc2ncccc2c1)c1cc(Cl)ccn1. The van der Waals surface area contributed by atoms with Crippen molar-refractivity contribution in [3.05, 3.63) is 71.1 Å². The zero-order chi connectivity index (χ0) is 13.2. The van der Waals surface area contributed by atoms with E-state index in [9.17, 15) is 4.79 Å². The number of pyridine rings is 2. The fraction of sp³-hybridized carbons (Fsp3) is 0. The van der Waals surface area contributed by atoms with Gasteiger partial charge in [0.15, 0.2) is 0 Å². The van der Waals surface area contributed by atoms with E-state index in [1.54, 1.807) is 24.4 Å². The van der Waals surface area contributed by atoms with Crippen molar-refractivity contribution in [3.8, 4) is 0 Å². The maximum atomic E-state index is 12.3. The minimum Gasteiger partial charge on any atom is -0.287 e. The Kier molecular flexibility index (Phi) is 2.97. The molecule has 2 heterocycles. The molecule has 0 N–H and O–H groups in total. The number of halogens is 1. The topological polar surface area (TPSA) is 42.9 Å². The monoisotopic (exact) mass is 268 g/mol. The molecule has 0 fully saturated rings. The summed E-state index contributed by atoms with van der Waals surface area (Å²) in [6.45, 7) is 0. The van der Waals surface area contributed by atoms with E-state index in [-0.39, 0.29) is 5.78 Å². The molecule has 0 atom stereocenters. The minimum atomic E-state index is -0.145. The van der Waals surface area contributed by atoms with Crippen molar-refractivity contribution >= 4 is 28.3 Å². The van der Waals surface area contributed by atoms with Gasteiger partial charge in [0.2, 0.25) is 5.78 Å². The first kappa shape index (κ1) is 11.8. The standard InChI is InChI=1S/C15H9ClN2O/c16-12-5-7-18-14(9-12)15(19)11-3-4-13-10(8-11)2-1-6-17-13/h1-9H. The molecule has 2 aromatic heterocycles. The number of carbonyl (C=O) groups excluding carboxylic acids is 1. The van der Waals surface area contributed by atoms with E-state index in [4.69, 9.17) is 11.6 Å². The fourth-order valence-electron chi connectivity index (χ4n) is 1.89. The van der Waals surface area contributed by atoms with Crippen molar-refractivity contribution in [3.63, 3.8) is 0 Å². The van der Waals surface area contributed by atoms with Crippen LogP contribution in [0.2, 0.25) is 5.02 Å². The highest BCUT2D eigenvalue weighted by Crippen LogP contribution is 2.17. The Bertz CT molecular complexity index is 771. The second-order valence-corrected chi connectivity index (χ2v) is 4.54. The van der Waals surface area contributed by atoms with Crippen LogP contribution < -0.4 is 0 Å². The Morgan fingerprint density at radius 1 is 1.00 bits per heavy atom. The number of ketones is 1.